The highest BCUT2D eigenvalue weighted by atomic mass is 32.1. The summed E-state index contributed by atoms with van der Waals surface area (Å²) in [7, 11) is 0. The third-order valence-electron chi connectivity index (χ3n) is 9.18. The smallest absolute Gasteiger partial charge is 0.165 e. The second-order valence-electron chi connectivity index (χ2n) is 11.7. The fraction of sp³-hybridized carbons (Fsp3) is 0. The van der Waals surface area contributed by atoms with E-state index in [-0.39, 0.29) is 0 Å². The number of rotatable bonds is 3. The van der Waals surface area contributed by atoms with Crippen LogP contribution in [0.15, 0.2) is 152 Å². The molecule has 10 aromatic rings. The lowest BCUT2D eigenvalue weighted by Crippen LogP contribution is -2.04. The van der Waals surface area contributed by atoms with Crippen LogP contribution in [0.4, 0.5) is 0 Å². The highest BCUT2D eigenvalue weighted by Crippen LogP contribution is 2.46. The van der Waals surface area contributed by atoms with E-state index in [1.54, 1.807) is 0 Å². The molecule has 0 aliphatic heterocycles. The molecule has 0 bridgehead atoms. The molecule has 0 spiro atoms. The Balaban J connectivity index is 1.42. The molecule has 3 heterocycles. The zero-order valence-electron chi connectivity index (χ0n) is 24.7. The molecule has 0 N–H and O–H groups in total. The first kappa shape index (κ1) is 25.5. The van der Waals surface area contributed by atoms with Crippen LogP contribution in [0, 0.1) is 0 Å². The molecule has 214 valence electrons. The monoisotopic (exact) mass is 603 g/mol. The third-order valence-corrected chi connectivity index (χ3v) is 10.4. The molecule has 0 aliphatic rings. The Labute approximate surface area is 268 Å². The number of hydrogen-bond acceptors (Lipinski definition) is 3. The lowest BCUT2D eigenvalue weighted by atomic mass is 9.98. The van der Waals surface area contributed by atoms with E-state index < -0.39 is 0 Å². The van der Waals surface area contributed by atoms with Gasteiger partial charge in [0, 0.05) is 47.6 Å². The molecule has 0 aliphatic carbocycles. The molecule has 0 unspecified atom stereocenters. The second kappa shape index (κ2) is 9.83. The van der Waals surface area contributed by atoms with Gasteiger partial charge in [0.2, 0.25) is 0 Å². The van der Waals surface area contributed by atoms with Gasteiger partial charge in [0.15, 0.2) is 5.82 Å². The van der Waals surface area contributed by atoms with Crippen LogP contribution in [0.2, 0.25) is 0 Å². The molecule has 0 amide bonds. The van der Waals surface area contributed by atoms with Gasteiger partial charge < -0.3 is 0 Å². The summed E-state index contributed by atoms with van der Waals surface area (Å²) in [6, 6.07) is 54.0. The summed E-state index contributed by atoms with van der Waals surface area (Å²) in [6.45, 7) is 0. The van der Waals surface area contributed by atoms with Crippen LogP contribution in [0.25, 0.3) is 92.0 Å². The topological polar surface area (TPSA) is 30.7 Å². The predicted molar refractivity (Wildman–Crippen MR) is 195 cm³/mol. The Hall–Kier alpha value is -5.84. The summed E-state index contributed by atoms with van der Waals surface area (Å²) in [6.07, 6.45) is 0. The SMILES string of the molecule is c1ccc(-c2nc3ccccc3nc2-n2c3ccc4ccccc4c3c3cccc(-c4cccc5c4sc4ccccc45)c32)cc1. The zero-order valence-corrected chi connectivity index (χ0v) is 25.5. The first-order valence-electron chi connectivity index (χ1n) is 15.5. The molecule has 3 nitrogen and oxygen atoms in total. The van der Waals surface area contributed by atoms with Crippen molar-refractivity contribution in [2.24, 2.45) is 0 Å². The molecule has 0 saturated heterocycles. The molecule has 0 saturated carbocycles. The number of nitrogens with zero attached hydrogens (tertiary/aromatic N) is 3. The van der Waals surface area contributed by atoms with Crippen LogP contribution < -0.4 is 0 Å². The Morgan fingerprint density at radius 1 is 0.478 bits per heavy atom. The van der Waals surface area contributed by atoms with Gasteiger partial charge in [0.05, 0.1) is 22.1 Å². The van der Waals surface area contributed by atoms with E-state index in [1.807, 2.05) is 35.6 Å². The highest BCUT2D eigenvalue weighted by molar-refractivity contribution is 7.26. The molecule has 7 aromatic carbocycles. The van der Waals surface area contributed by atoms with Crippen molar-refractivity contribution in [2.45, 2.75) is 0 Å². The summed E-state index contributed by atoms with van der Waals surface area (Å²) in [5.41, 5.74) is 8.32. The number of hydrogen-bond donors (Lipinski definition) is 0. The second-order valence-corrected chi connectivity index (χ2v) is 12.8. The highest BCUT2D eigenvalue weighted by Gasteiger charge is 2.23. The summed E-state index contributed by atoms with van der Waals surface area (Å²) in [5, 5.41) is 7.48. The Bertz CT molecular complexity index is 2810. The largest absolute Gasteiger partial charge is 0.291 e. The molecule has 10 rings (SSSR count). The molecule has 0 fully saturated rings. The fourth-order valence-corrected chi connectivity index (χ4v) is 8.40. The lowest BCUT2D eigenvalue weighted by molar-refractivity contribution is 1.08. The molecular weight excluding hydrogens is 579 g/mol. The van der Waals surface area contributed by atoms with Crippen molar-refractivity contribution >= 4 is 75.1 Å². The normalized spacial score (nSPS) is 11.9. The van der Waals surface area contributed by atoms with E-state index in [1.165, 1.54) is 52.8 Å². The van der Waals surface area contributed by atoms with Crippen LogP contribution >= 0.6 is 11.3 Å². The molecule has 4 heteroatoms. The van der Waals surface area contributed by atoms with Crippen molar-refractivity contribution < 1.29 is 0 Å². The number of benzene rings is 7. The van der Waals surface area contributed by atoms with Crippen LogP contribution in [0.1, 0.15) is 0 Å². The van der Waals surface area contributed by atoms with Crippen LogP contribution in [-0.2, 0) is 0 Å². The number of thiophene rings is 1. The van der Waals surface area contributed by atoms with Gasteiger partial charge in [-0.1, -0.05) is 127 Å². The minimum Gasteiger partial charge on any atom is -0.291 e. The van der Waals surface area contributed by atoms with Gasteiger partial charge in [-0.25, -0.2) is 9.97 Å². The molecular formula is C42H25N3S. The van der Waals surface area contributed by atoms with E-state index in [2.05, 4.69) is 132 Å². The minimum absolute atomic E-state index is 0.830. The average molecular weight is 604 g/mol. The molecule has 0 atom stereocenters. The molecule has 3 aromatic heterocycles. The van der Waals surface area contributed by atoms with Gasteiger partial charge in [-0.2, -0.15) is 0 Å². The van der Waals surface area contributed by atoms with Crippen LogP contribution in [-0.4, -0.2) is 14.5 Å². The van der Waals surface area contributed by atoms with Gasteiger partial charge in [0.25, 0.3) is 0 Å². The average Bonchev–Trinajstić information content (AvgIpc) is 3.68. The lowest BCUT2D eigenvalue weighted by Gasteiger charge is -2.16. The Morgan fingerprint density at radius 2 is 1.15 bits per heavy atom. The maximum atomic E-state index is 5.41. The van der Waals surface area contributed by atoms with Crippen LogP contribution in [0.3, 0.4) is 0 Å². The number of para-hydroxylation sites is 3. The number of fused-ring (bicyclic) bond motifs is 9. The van der Waals surface area contributed by atoms with Gasteiger partial charge >= 0.3 is 0 Å². The summed E-state index contributed by atoms with van der Waals surface area (Å²) < 4.78 is 4.97. The number of aromatic nitrogens is 3. The quantitative estimate of drug-likeness (QED) is 0.201. The van der Waals surface area contributed by atoms with Crippen molar-refractivity contribution in [2.75, 3.05) is 0 Å². The standard InChI is InChI=1S/C42H25N3S/c1-2-13-27(14-3-1)39-42(44-35-22-8-7-21-34(35)43-39)45-36-25-24-26-12-4-5-15-28(26)38(36)33-20-10-17-30(40(33)45)32-19-11-18-31-29-16-6-9-23-37(29)46-41(31)32/h1-25H. The minimum atomic E-state index is 0.830. The van der Waals surface area contributed by atoms with Gasteiger partial charge in [-0.3, -0.25) is 4.57 Å². The third kappa shape index (κ3) is 3.65. The zero-order chi connectivity index (χ0) is 30.2. The first-order chi connectivity index (χ1) is 22.8. The Morgan fingerprint density at radius 3 is 2.02 bits per heavy atom. The van der Waals surface area contributed by atoms with E-state index in [4.69, 9.17) is 9.97 Å². The van der Waals surface area contributed by atoms with Crippen molar-refractivity contribution in [1.82, 2.24) is 14.5 Å². The van der Waals surface area contributed by atoms with Crippen molar-refractivity contribution in [3.05, 3.63) is 152 Å². The maximum absolute atomic E-state index is 5.41. The van der Waals surface area contributed by atoms with E-state index >= 15 is 0 Å². The Kier molecular flexibility index (Phi) is 5.45. The van der Waals surface area contributed by atoms with Gasteiger partial charge in [0.1, 0.15) is 5.69 Å². The van der Waals surface area contributed by atoms with E-state index in [0.29, 0.717) is 0 Å². The summed E-state index contributed by atoms with van der Waals surface area (Å²) >= 11 is 1.87. The van der Waals surface area contributed by atoms with Gasteiger partial charge in [-0.05, 0) is 35.0 Å². The summed E-state index contributed by atoms with van der Waals surface area (Å²) in [5.74, 6) is 0.830. The van der Waals surface area contributed by atoms with Crippen molar-refractivity contribution in [1.29, 1.82) is 0 Å². The summed E-state index contributed by atoms with van der Waals surface area (Å²) in [4.78, 5) is 10.7. The van der Waals surface area contributed by atoms with Crippen LogP contribution in [0.5, 0.6) is 0 Å². The van der Waals surface area contributed by atoms with E-state index in [0.717, 1.165) is 39.1 Å². The van der Waals surface area contributed by atoms with Gasteiger partial charge in [-0.15, -0.1) is 11.3 Å². The molecule has 46 heavy (non-hydrogen) atoms. The van der Waals surface area contributed by atoms with Crippen molar-refractivity contribution in [3.8, 4) is 28.2 Å². The molecule has 0 radical (unpaired) electrons. The fourth-order valence-electron chi connectivity index (χ4n) is 7.17. The predicted octanol–water partition coefficient (Wildman–Crippen LogP) is 11.6. The van der Waals surface area contributed by atoms with E-state index in [9.17, 15) is 0 Å². The first-order valence-corrected chi connectivity index (χ1v) is 16.3. The maximum Gasteiger partial charge on any atom is 0.165 e. The van der Waals surface area contributed by atoms with Crippen molar-refractivity contribution in [3.63, 3.8) is 0 Å².